The van der Waals surface area contributed by atoms with Crippen LogP contribution < -0.4 is 5.32 Å². The van der Waals surface area contributed by atoms with Gasteiger partial charge in [-0.05, 0) is 88.3 Å². The third-order valence-electron chi connectivity index (χ3n) is 7.73. The highest BCUT2D eigenvalue weighted by molar-refractivity contribution is 5.82. The summed E-state index contributed by atoms with van der Waals surface area (Å²) in [5, 5.41) is 12.2. The van der Waals surface area contributed by atoms with Crippen molar-refractivity contribution in [3.63, 3.8) is 0 Å². The quantitative estimate of drug-likeness (QED) is 0.332. The minimum atomic E-state index is -0.958. The lowest BCUT2D eigenvalue weighted by molar-refractivity contribution is -0.191. The Balaban J connectivity index is 0. The number of rotatable bonds is 6. The average Bonchev–Trinajstić information content (AvgIpc) is 2.92. The number of benzene rings is 2. The summed E-state index contributed by atoms with van der Waals surface area (Å²) in [5.41, 5.74) is 3.20. The van der Waals surface area contributed by atoms with E-state index in [1.54, 1.807) is 26.8 Å². The number of aryl methyl sites for hydroxylation is 2. The van der Waals surface area contributed by atoms with E-state index in [1.165, 1.54) is 37.0 Å². The van der Waals surface area contributed by atoms with E-state index in [2.05, 4.69) is 58.6 Å². The number of Topliss-reactive ketones (excluding diaryl/α,β-unsaturated/α-hetero) is 1. The predicted octanol–water partition coefficient (Wildman–Crippen LogP) is 9.96. The molecule has 0 aromatic heterocycles. The Kier molecular flexibility index (Phi) is 19.4. The molecule has 0 unspecified atom stereocenters. The van der Waals surface area contributed by atoms with Crippen LogP contribution in [0.25, 0.3) is 0 Å². The molecule has 7 heteroatoms. The number of ketones is 1. The van der Waals surface area contributed by atoms with Crippen LogP contribution in [0.2, 0.25) is 0 Å². The van der Waals surface area contributed by atoms with Gasteiger partial charge in [0.15, 0.2) is 17.3 Å². The third kappa shape index (κ3) is 16.5. The molecule has 0 spiro atoms. The van der Waals surface area contributed by atoms with Crippen LogP contribution in [0.4, 0.5) is 8.78 Å². The Morgan fingerprint density at radius 1 is 1.02 bits per heavy atom. The fourth-order valence-corrected chi connectivity index (χ4v) is 5.18. The number of halogens is 2. The van der Waals surface area contributed by atoms with E-state index in [0.717, 1.165) is 17.7 Å². The number of allylic oxidation sites excluding steroid dienone is 1. The summed E-state index contributed by atoms with van der Waals surface area (Å²) in [4.78, 5) is 28.0. The molecule has 2 aromatic carbocycles. The van der Waals surface area contributed by atoms with E-state index in [4.69, 9.17) is 14.7 Å². The molecule has 254 valence electrons. The summed E-state index contributed by atoms with van der Waals surface area (Å²) in [7, 11) is 0. The van der Waals surface area contributed by atoms with Crippen molar-refractivity contribution in [3.05, 3.63) is 77.8 Å². The standard InChI is InChI=1S/C15H25NO.C8H9FO.C7H8.C5H11F.C2H6.CO2/c1-10(17)12(13(3,4)5)16-11(2)15-7-14(6,8-15)9-15;1-2-6-3-4-8(10)7(9)5-6;1-7-5-3-2-4-6-7;1-4-5(2,3)6;1-2;2-1-3/h12,16H,2,7-9H2,1,3-6H3;3-5,10H,2H2,1H3;2-6H,1H3;4H2,1-3H3;1-2H3;/t12-,14?,15?;;;;;/m0...../s1. The van der Waals surface area contributed by atoms with Gasteiger partial charge in [-0.2, -0.15) is 9.59 Å². The molecule has 2 bridgehead atoms. The van der Waals surface area contributed by atoms with Crippen LogP contribution >= 0.6 is 0 Å². The smallest absolute Gasteiger partial charge is 0.373 e. The summed E-state index contributed by atoms with van der Waals surface area (Å²) in [6.45, 7) is 27.5. The van der Waals surface area contributed by atoms with Crippen molar-refractivity contribution in [2.45, 2.75) is 127 Å². The monoisotopic (exact) mass is 631 g/mol. The van der Waals surface area contributed by atoms with E-state index in [-0.39, 0.29) is 29.1 Å². The largest absolute Gasteiger partial charge is 0.505 e. The molecule has 3 aliphatic rings. The Morgan fingerprint density at radius 2 is 1.47 bits per heavy atom. The number of hydrogen-bond acceptors (Lipinski definition) is 5. The maximum Gasteiger partial charge on any atom is 0.373 e. The second-order valence-electron chi connectivity index (χ2n) is 13.6. The fourth-order valence-electron chi connectivity index (χ4n) is 5.18. The number of phenols is 1. The maximum absolute atomic E-state index is 12.5. The van der Waals surface area contributed by atoms with Crippen LogP contribution in [-0.4, -0.2) is 28.8 Å². The molecule has 0 aliphatic heterocycles. The second kappa shape index (κ2) is 19.9. The van der Waals surface area contributed by atoms with E-state index in [0.29, 0.717) is 17.3 Å². The molecule has 45 heavy (non-hydrogen) atoms. The zero-order valence-electron chi connectivity index (χ0n) is 29.9. The molecule has 5 nitrogen and oxygen atoms in total. The van der Waals surface area contributed by atoms with Crippen molar-refractivity contribution in [1.29, 1.82) is 0 Å². The number of phenolic OH excluding ortho intramolecular Hbond substituents is 1. The Labute approximate surface area is 271 Å². The zero-order valence-corrected chi connectivity index (χ0v) is 29.9. The number of hydrogen-bond donors (Lipinski definition) is 2. The van der Waals surface area contributed by atoms with Crippen molar-refractivity contribution in [2.75, 3.05) is 0 Å². The number of nitrogens with one attached hydrogen (secondary N) is 1. The highest BCUT2D eigenvalue weighted by Gasteiger charge is 2.66. The maximum atomic E-state index is 12.5. The molecule has 0 radical (unpaired) electrons. The molecule has 3 aliphatic carbocycles. The minimum Gasteiger partial charge on any atom is -0.505 e. The molecule has 1 atom stereocenters. The predicted molar refractivity (Wildman–Crippen MR) is 181 cm³/mol. The first-order valence-corrected chi connectivity index (χ1v) is 15.8. The Bertz CT molecular complexity index is 1170. The molecular weight excluding hydrogens is 572 g/mol. The lowest BCUT2D eigenvalue weighted by atomic mass is 9.35. The van der Waals surface area contributed by atoms with E-state index in [9.17, 15) is 13.6 Å². The van der Waals surface area contributed by atoms with Crippen LogP contribution in [0.5, 0.6) is 5.75 Å². The van der Waals surface area contributed by atoms with Gasteiger partial charge in [-0.25, -0.2) is 8.78 Å². The second-order valence-corrected chi connectivity index (χ2v) is 13.6. The van der Waals surface area contributed by atoms with Crippen molar-refractivity contribution in [1.82, 2.24) is 5.32 Å². The number of carbonyl (C=O) groups is 1. The summed E-state index contributed by atoms with van der Waals surface area (Å²) in [5.74, 6) is -0.618. The summed E-state index contributed by atoms with van der Waals surface area (Å²) >= 11 is 0. The summed E-state index contributed by atoms with van der Waals surface area (Å²) in [6.07, 6.45) is 5.39. The Hall–Kier alpha value is -3.31. The van der Waals surface area contributed by atoms with Gasteiger partial charge in [0.25, 0.3) is 0 Å². The SMILES string of the molecule is C=C(N[C@@H](C(C)=O)C(C)(C)C)C12CC(C)(C1)C2.CC.CCC(C)(C)F.CCc1ccc(O)c(F)c1.Cc1ccccc1.O=C=O. The van der Waals surface area contributed by atoms with Gasteiger partial charge in [-0.15, -0.1) is 0 Å². The third-order valence-corrected chi connectivity index (χ3v) is 7.73. The number of alkyl halides is 1. The van der Waals surface area contributed by atoms with Gasteiger partial charge < -0.3 is 10.4 Å². The highest BCUT2D eigenvalue weighted by atomic mass is 19.1. The highest BCUT2D eigenvalue weighted by Crippen LogP contribution is 2.75. The van der Waals surface area contributed by atoms with E-state index < -0.39 is 11.5 Å². The van der Waals surface area contributed by atoms with Gasteiger partial charge in [0.05, 0.1) is 6.04 Å². The van der Waals surface area contributed by atoms with Gasteiger partial charge in [0.1, 0.15) is 5.67 Å². The van der Waals surface area contributed by atoms with Crippen LogP contribution in [0.3, 0.4) is 0 Å². The van der Waals surface area contributed by atoms with Gasteiger partial charge in [0, 0.05) is 11.1 Å². The topological polar surface area (TPSA) is 83.5 Å². The molecule has 0 amide bonds. The van der Waals surface area contributed by atoms with Crippen LogP contribution in [0.1, 0.15) is 113 Å². The van der Waals surface area contributed by atoms with Gasteiger partial charge in [-0.3, -0.25) is 4.79 Å². The lowest BCUT2D eigenvalue weighted by Crippen LogP contribution is -2.63. The average molecular weight is 632 g/mol. The molecular formula is C38H59F2NO4. The molecule has 0 heterocycles. The van der Waals surface area contributed by atoms with Gasteiger partial charge in [0.2, 0.25) is 0 Å². The van der Waals surface area contributed by atoms with Crippen LogP contribution in [-0.2, 0) is 20.8 Å². The molecule has 0 saturated heterocycles. The van der Waals surface area contributed by atoms with Gasteiger partial charge in [-0.1, -0.05) is 104 Å². The zero-order chi connectivity index (χ0) is 35.6. The molecule has 2 N–H and O–H groups in total. The van der Waals surface area contributed by atoms with Crippen LogP contribution in [0, 0.1) is 29.0 Å². The molecule has 3 fully saturated rings. The first-order chi connectivity index (χ1) is 20.7. The fraction of sp³-hybridized carbons (Fsp3) is 0.579. The van der Waals surface area contributed by atoms with E-state index >= 15 is 0 Å². The normalized spacial score (nSPS) is 19.2. The number of carbonyl (C=O) groups excluding carboxylic acids is 3. The van der Waals surface area contributed by atoms with E-state index in [1.807, 2.05) is 45.9 Å². The minimum absolute atomic E-state index is 0.0534. The molecule has 2 aromatic rings. The van der Waals surface area contributed by atoms with Crippen molar-refractivity contribution in [2.24, 2.45) is 16.2 Å². The van der Waals surface area contributed by atoms with Crippen molar-refractivity contribution >= 4 is 11.9 Å². The van der Waals surface area contributed by atoms with Crippen molar-refractivity contribution in [3.8, 4) is 5.75 Å². The lowest BCUT2D eigenvalue weighted by Gasteiger charge is -2.70. The summed E-state index contributed by atoms with van der Waals surface area (Å²) in [6, 6.07) is 14.6. The van der Waals surface area contributed by atoms with Crippen LogP contribution in [0.15, 0.2) is 60.8 Å². The van der Waals surface area contributed by atoms with Gasteiger partial charge >= 0.3 is 6.15 Å². The first-order valence-electron chi connectivity index (χ1n) is 15.8. The molecule has 5 rings (SSSR count). The van der Waals surface area contributed by atoms with Crippen molar-refractivity contribution < 1.29 is 28.3 Å². The molecule has 3 saturated carbocycles. The summed E-state index contributed by atoms with van der Waals surface area (Å²) < 4.78 is 24.6. The first kappa shape index (κ1) is 43.8. The number of aromatic hydroxyl groups is 1. The Morgan fingerprint density at radius 3 is 1.73 bits per heavy atom.